The van der Waals surface area contributed by atoms with Crippen molar-refractivity contribution in [2.24, 2.45) is 0 Å². The highest BCUT2D eigenvalue weighted by Gasteiger charge is 2.18. The van der Waals surface area contributed by atoms with Crippen molar-refractivity contribution in [1.82, 2.24) is 5.32 Å². The van der Waals surface area contributed by atoms with Crippen LogP contribution in [0.15, 0.2) is 18.2 Å². The fourth-order valence-electron chi connectivity index (χ4n) is 1.26. The van der Waals surface area contributed by atoms with E-state index in [2.05, 4.69) is 10.6 Å². The van der Waals surface area contributed by atoms with Gasteiger partial charge in [0.15, 0.2) is 0 Å². The van der Waals surface area contributed by atoms with E-state index in [-0.39, 0.29) is 11.1 Å². The summed E-state index contributed by atoms with van der Waals surface area (Å²) < 4.78 is 13.4. The molecule has 1 rings (SSSR count). The molecule has 16 heavy (non-hydrogen) atoms. The maximum absolute atomic E-state index is 13.4. The summed E-state index contributed by atoms with van der Waals surface area (Å²) in [5.74, 6) is -0.914. The molecular formula is C12H17FN2O. The molecule has 0 aliphatic heterocycles. The van der Waals surface area contributed by atoms with Gasteiger partial charge in [0.25, 0.3) is 5.91 Å². The zero-order valence-electron chi connectivity index (χ0n) is 10.0. The second-order valence-corrected chi connectivity index (χ2v) is 4.65. The number of anilines is 1. The molecule has 0 atom stereocenters. The van der Waals surface area contributed by atoms with Gasteiger partial charge in [-0.3, -0.25) is 4.79 Å². The number of benzene rings is 1. The van der Waals surface area contributed by atoms with Crippen LogP contribution in [0.1, 0.15) is 31.1 Å². The predicted molar refractivity (Wildman–Crippen MR) is 63.2 cm³/mol. The first-order valence-electron chi connectivity index (χ1n) is 5.13. The molecule has 0 aliphatic rings. The number of hydrogen-bond donors (Lipinski definition) is 2. The molecule has 0 saturated carbocycles. The van der Waals surface area contributed by atoms with Crippen LogP contribution in [0.3, 0.4) is 0 Å². The minimum Gasteiger partial charge on any atom is -0.388 e. The molecule has 1 aromatic carbocycles. The van der Waals surface area contributed by atoms with Crippen LogP contribution in [0, 0.1) is 5.82 Å². The maximum Gasteiger partial charge on any atom is 0.254 e. The third kappa shape index (κ3) is 3.22. The van der Waals surface area contributed by atoms with Crippen molar-refractivity contribution in [1.29, 1.82) is 0 Å². The minimum absolute atomic E-state index is 0.0572. The zero-order chi connectivity index (χ0) is 12.3. The van der Waals surface area contributed by atoms with Crippen LogP contribution in [0.2, 0.25) is 0 Å². The Morgan fingerprint density at radius 3 is 2.44 bits per heavy atom. The molecule has 0 spiro atoms. The third-order valence-electron chi connectivity index (χ3n) is 1.99. The second-order valence-electron chi connectivity index (χ2n) is 4.65. The molecular weight excluding hydrogens is 207 g/mol. The highest BCUT2D eigenvalue weighted by Crippen LogP contribution is 2.15. The molecule has 1 aromatic rings. The smallest absolute Gasteiger partial charge is 0.254 e. The number of carbonyl (C=O) groups excluding carboxylic acids is 1. The van der Waals surface area contributed by atoms with Gasteiger partial charge in [0.1, 0.15) is 5.82 Å². The molecule has 88 valence electrons. The Hall–Kier alpha value is -1.58. The van der Waals surface area contributed by atoms with Crippen LogP contribution in [0.5, 0.6) is 0 Å². The second kappa shape index (κ2) is 4.51. The van der Waals surface area contributed by atoms with Gasteiger partial charge in [-0.05, 0) is 39.0 Å². The molecule has 0 unspecified atom stereocenters. The normalized spacial score (nSPS) is 11.1. The standard InChI is InChI=1S/C12H17FN2O/c1-12(2,3)15-11(16)9-7-8(14-4)5-6-10(9)13/h5-7,14H,1-4H3,(H,15,16). The lowest BCUT2D eigenvalue weighted by Gasteiger charge is -2.20. The van der Waals surface area contributed by atoms with Gasteiger partial charge in [0.2, 0.25) is 0 Å². The molecule has 0 heterocycles. The highest BCUT2D eigenvalue weighted by atomic mass is 19.1. The van der Waals surface area contributed by atoms with Crippen LogP contribution in [-0.2, 0) is 0 Å². The Bertz CT molecular complexity index is 396. The molecule has 3 nitrogen and oxygen atoms in total. The fraction of sp³-hybridized carbons (Fsp3) is 0.417. The molecule has 0 aliphatic carbocycles. The largest absolute Gasteiger partial charge is 0.388 e. The van der Waals surface area contributed by atoms with E-state index in [1.807, 2.05) is 20.8 Å². The van der Waals surface area contributed by atoms with E-state index in [0.29, 0.717) is 5.69 Å². The summed E-state index contributed by atoms with van der Waals surface area (Å²) in [6.45, 7) is 5.56. The fourth-order valence-corrected chi connectivity index (χ4v) is 1.26. The Morgan fingerprint density at radius 2 is 1.94 bits per heavy atom. The van der Waals surface area contributed by atoms with Crippen LogP contribution < -0.4 is 10.6 Å². The summed E-state index contributed by atoms with van der Waals surface area (Å²) in [6, 6.07) is 4.36. The highest BCUT2D eigenvalue weighted by molar-refractivity contribution is 5.95. The average molecular weight is 224 g/mol. The Balaban J connectivity index is 2.98. The zero-order valence-corrected chi connectivity index (χ0v) is 10.0. The van der Waals surface area contributed by atoms with Gasteiger partial charge in [-0.25, -0.2) is 4.39 Å². The molecule has 0 bridgehead atoms. The minimum atomic E-state index is -0.513. The molecule has 0 saturated heterocycles. The Morgan fingerprint density at radius 1 is 1.31 bits per heavy atom. The summed E-state index contributed by atoms with van der Waals surface area (Å²) >= 11 is 0. The molecule has 0 fully saturated rings. The number of hydrogen-bond acceptors (Lipinski definition) is 2. The SMILES string of the molecule is CNc1ccc(F)c(C(=O)NC(C)(C)C)c1. The van der Waals surface area contributed by atoms with Crippen LogP contribution in [0.25, 0.3) is 0 Å². The van der Waals surface area contributed by atoms with Crippen molar-refractivity contribution in [3.8, 4) is 0 Å². The van der Waals surface area contributed by atoms with Crippen molar-refractivity contribution in [3.05, 3.63) is 29.6 Å². The van der Waals surface area contributed by atoms with Gasteiger partial charge in [0, 0.05) is 18.3 Å². The topological polar surface area (TPSA) is 41.1 Å². The van der Waals surface area contributed by atoms with Crippen molar-refractivity contribution >= 4 is 11.6 Å². The Kier molecular flexibility index (Phi) is 3.52. The molecule has 4 heteroatoms. The number of rotatable bonds is 2. The summed E-state index contributed by atoms with van der Waals surface area (Å²) in [5.41, 5.74) is 0.390. The molecule has 0 aromatic heterocycles. The van der Waals surface area contributed by atoms with Crippen LogP contribution in [0.4, 0.5) is 10.1 Å². The lowest BCUT2D eigenvalue weighted by Crippen LogP contribution is -2.40. The summed E-state index contributed by atoms with van der Waals surface area (Å²) in [5, 5.41) is 5.59. The van der Waals surface area contributed by atoms with Crippen LogP contribution >= 0.6 is 0 Å². The monoisotopic (exact) mass is 224 g/mol. The number of halogens is 1. The lowest BCUT2D eigenvalue weighted by molar-refractivity contribution is 0.0915. The van der Waals surface area contributed by atoms with E-state index in [9.17, 15) is 9.18 Å². The van der Waals surface area contributed by atoms with Crippen LogP contribution in [-0.4, -0.2) is 18.5 Å². The van der Waals surface area contributed by atoms with E-state index in [1.54, 1.807) is 13.1 Å². The predicted octanol–water partition coefficient (Wildman–Crippen LogP) is 2.40. The van der Waals surface area contributed by atoms with Gasteiger partial charge in [-0.2, -0.15) is 0 Å². The van der Waals surface area contributed by atoms with Crippen molar-refractivity contribution < 1.29 is 9.18 Å². The van der Waals surface area contributed by atoms with E-state index in [4.69, 9.17) is 0 Å². The van der Waals surface area contributed by atoms with E-state index >= 15 is 0 Å². The first-order chi connectivity index (χ1) is 7.33. The van der Waals surface area contributed by atoms with Crippen molar-refractivity contribution in [3.63, 3.8) is 0 Å². The quantitative estimate of drug-likeness (QED) is 0.810. The van der Waals surface area contributed by atoms with Gasteiger partial charge >= 0.3 is 0 Å². The number of nitrogens with one attached hydrogen (secondary N) is 2. The molecule has 1 amide bonds. The first-order valence-corrected chi connectivity index (χ1v) is 5.13. The molecule has 0 radical (unpaired) electrons. The Labute approximate surface area is 95.0 Å². The summed E-state index contributed by atoms with van der Waals surface area (Å²) in [6.07, 6.45) is 0. The van der Waals surface area contributed by atoms with Gasteiger partial charge < -0.3 is 10.6 Å². The number of amides is 1. The van der Waals surface area contributed by atoms with Crippen molar-refractivity contribution in [2.45, 2.75) is 26.3 Å². The third-order valence-corrected chi connectivity index (χ3v) is 1.99. The maximum atomic E-state index is 13.4. The van der Waals surface area contributed by atoms with Crippen molar-refractivity contribution in [2.75, 3.05) is 12.4 Å². The van der Waals surface area contributed by atoms with Gasteiger partial charge in [0.05, 0.1) is 5.56 Å². The van der Waals surface area contributed by atoms with E-state index < -0.39 is 11.7 Å². The van der Waals surface area contributed by atoms with E-state index in [1.165, 1.54) is 12.1 Å². The van der Waals surface area contributed by atoms with E-state index in [0.717, 1.165) is 0 Å². The molecule has 2 N–H and O–H groups in total. The lowest BCUT2D eigenvalue weighted by atomic mass is 10.1. The summed E-state index contributed by atoms with van der Waals surface area (Å²) in [7, 11) is 1.72. The number of carbonyl (C=O) groups is 1. The first kappa shape index (κ1) is 12.5. The van der Waals surface area contributed by atoms with Gasteiger partial charge in [-0.1, -0.05) is 0 Å². The summed E-state index contributed by atoms with van der Waals surface area (Å²) in [4.78, 5) is 11.8. The van der Waals surface area contributed by atoms with Gasteiger partial charge in [-0.15, -0.1) is 0 Å². The average Bonchev–Trinajstić information content (AvgIpc) is 2.15.